The molecule has 0 aliphatic heterocycles. The minimum absolute atomic E-state index is 0.873. The van der Waals surface area contributed by atoms with Crippen LogP contribution in [0.5, 0.6) is 0 Å². The summed E-state index contributed by atoms with van der Waals surface area (Å²) in [5.41, 5.74) is 33.0. The van der Waals surface area contributed by atoms with Crippen molar-refractivity contribution in [1.82, 2.24) is 62.3 Å². The van der Waals surface area contributed by atoms with E-state index in [0.29, 0.717) is 0 Å². The van der Waals surface area contributed by atoms with E-state index >= 15 is 0 Å². The molecule has 17 aromatic carbocycles. The number of fused-ring (bicyclic) bond motifs is 21. The summed E-state index contributed by atoms with van der Waals surface area (Å²) in [6.07, 6.45) is 11.1. The molecule has 672 valence electrons. The summed E-state index contributed by atoms with van der Waals surface area (Å²) in [7, 11) is 0. The van der Waals surface area contributed by atoms with Crippen LogP contribution in [-0.4, -0.2) is 62.3 Å². The van der Waals surface area contributed by atoms with Crippen LogP contribution in [0, 0.1) is 0 Å². The molecule has 144 heavy (non-hydrogen) atoms. The van der Waals surface area contributed by atoms with Crippen LogP contribution in [0.3, 0.4) is 0 Å². The Morgan fingerprint density at radius 1 is 0.146 bits per heavy atom. The molecular weight excluding hydrogens is 1760 g/mol. The fourth-order valence-electron chi connectivity index (χ4n) is 22.2. The molecule has 0 bridgehead atoms. The summed E-state index contributed by atoms with van der Waals surface area (Å²) in [5, 5.41) is 18.0. The van der Waals surface area contributed by atoms with Crippen LogP contribution in [0.4, 0.5) is 0 Å². The second-order valence-electron chi connectivity index (χ2n) is 36.7. The van der Waals surface area contributed by atoms with Gasteiger partial charge in [0.25, 0.3) is 0 Å². The van der Waals surface area contributed by atoms with Gasteiger partial charge in [0.1, 0.15) is 17.5 Å². The highest BCUT2D eigenvalue weighted by Crippen LogP contribution is 2.46. The van der Waals surface area contributed by atoms with Gasteiger partial charge in [-0.3, -0.25) is 33.6 Å². The zero-order valence-corrected chi connectivity index (χ0v) is 77.7. The highest BCUT2D eigenvalue weighted by Gasteiger charge is 2.25. The molecule has 0 aliphatic rings. The van der Waals surface area contributed by atoms with Gasteiger partial charge in [0, 0.05) is 152 Å². The third kappa shape index (κ3) is 13.8. The Morgan fingerprint density at radius 2 is 0.410 bits per heavy atom. The normalized spacial score (nSPS) is 11.8. The molecule has 0 unspecified atom stereocenters. The minimum Gasteiger partial charge on any atom is -0.309 e. The number of aromatic nitrogens is 13. The molecule has 13 aromatic heterocycles. The van der Waals surface area contributed by atoms with E-state index in [0.717, 1.165) is 167 Å². The first-order valence-electron chi connectivity index (χ1n) is 48.6. The smallest absolute Gasteiger partial charge is 0.138 e. The summed E-state index contributed by atoms with van der Waals surface area (Å²) < 4.78 is 14.0. The van der Waals surface area contributed by atoms with Gasteiger partial charge in [-0.2, -0.15) is 0 Å². The van der Waals surface area contributed by atoms with Crippen LogP contribution in [-0.2, 0) is 0 Å². The molecular formula is C131H83N13. The summed E-state index contributed by atoms with van der Waals surface area (Å²) in [6.45, 7) is 0. The Balaban J connectivity index is 0.000000105. The van der Waals surface area contributed by atoms with E-state index in [4.69, 9.17) is 19.9 Å². The second kappa shape index (κ2) is 34.2. The van der Waals surface area contributed by atoms with Crippen molar-refractivity contribution in [3.8, 4) is 102 Å². The lowest BCUT2D eigenvalue weighted by atomic mass is 9.97. The molecule has 13 heterocycles. The van der Waals surface area contributed by atoms with Crippen LogP contribution < -0.4 is 0 Å². The van der Waals surface area contributed by atoms with Gasteiger partial charge in [-0.15, -0.1) is 0 Å². The van der Waals surface area contributed by atoms with Crippen molar-refractivity contribution in [2.24, 2.45) is 0 Å². The summed E-state index contributed by atoms with van der Waals surface area (Å²) >= 11 is 0. The fourth-order valence-corrected chi connectivity index (χ4v) is 22.2. The molecule has 0 spiro atoms. The van der Waals surface area contributed by atoms with E-state index < -0.39 is 0 Å². The van der Waals surface area contributed by atoms with Crippen molar-refractivity contribution < 1.29 is 0 Å². The monoisotopic (exact) mass is 1840 g/mol. The second-order valence-corrected chi connectivity index (χ2v) is 36.7. The Labute approximate surface area is 826 Å². The number of benzene rings is 17. The Bertz CT molecular complexity index is 9650. The number of rotatable bonds is 12. The van der Waals surface area contributed by atoms with Crippen LogP contribution in [0.1, 0.15) is 0 Å². The molecule has 0 atom stereocenters. The Morgan fingerprint density at radius 3 is 0.722 bits per heavy atom. The summed E-state index contributed by atoms with van der Waals surface area (Å²) in [6, 6.07) is 166. The van der Waals surface area contributed by atoms with Gasteiger partial charge >= 0.3 is 0 Å². The van der Waals surface area contributed by atoms with Gasteiger partial charge in [-0.1, -0.05) is 273 Å². The first kappa shape index (κ1) is 82.6. The maximum absolute atomic E-state index is 5.37. The lowest BCUT2D eigenvalue weighted by Crippen LogP contribution is -2.00. The zero-order chi connectivity index (χ0) is 94.8. The number of hydrogen-bond acceptors (Lipinski definition) is 7. The lowest BCUT2D eigenvalue weighted by molar-refractivity contribution is 1.10. The number of hydrogen-bond donors (Lipinski definition) is 0. The van der Waals surface area contributed by atoms with Crippen molar-refractivity contribution in [3.63, 3.8) is 0 Å². The number of nitrogens with zero attached hydrogens (tertiary/aromatic N) is 13. The molecule has 0 N–H and O–H groups in total. The highest BCUT2D eigenvalue weighted by molar-refractivity contribution is 6.16. The molecule has 0 amide bonds. The maximum Gasteiger partial charge on any atom is 0.138 e. The third-order valence-corrected chi connectivity index (χ3v) is 28.7. The van der Waals surface area contributed by atoms with Gasteiger partial charge in [-0.05, 0) is 233 Å². The van der Waals surface area contributed by atoms with E-state index in [9.17, 15) is 0 Å². The standard InChI is InChI=1S/2C44H28N4.C43H27N5/c1-5-19-40-32(14-1)33-15-2-6-20-41(33)47(40)31-23-24-39-37(27-31)36(29-12-11-13-30(26-29)38-18-9-10-25-45-38)28-44(46-39)48-42-21-7-3-16-34(42)35-17-4-8-22-43(35)48;1-5-13-40-33(9-1)34-10-2-6-14-41(34)47(40)32-21-22-39-38(27-32)37(31-19-17-29(18-20-31)30-23-25-45-26-24-30)28-44(46-39)48-42-15-7-3-11-35(42)36-12-4-8-16-43(36)48;1-5-13-39-31(9-1)32-10-2-6-14-40(32)47(39)30-18-20-38-36(25-30)35(29-17-19-37(45-27-29)28-21-23-44-24-22-28)26-43(46-38)48-41-15-7-3-11-33(41)34-12-4-8-16-42(34)48/h2*1-28H;1-27H. The maximum atomic E-state index is 5.37. The van der Waals surface area contributed by atoms with E-state index in [1.165, 1.54) is 97.7 Å². The molecule has 0 saturated heterocycles. The molecule has 0 saturated carbocycles. The van der Waals surface area contributed by atoms with E-state index in [2.05, 4.69) is 485 Å². The first-order valence-corrected chi connectivity index (χ1v) is 48.6. The molecule has 30 rings (SSSR count). The van der Waals surface area contributed by atoms with Crippen LogP contribution in [0.15, 0.2) is 504 Å². The highest BCUT2D eigenvalue weighted by atomic mass is 15.1. The average molecular weight is 1840 g/mol. The fraction of sp³-hybridized carbons (Fsp3) is 0. The number of pyridine rings is 7. The van der Waals surface area contributed by atoms with Gasteiger partial charge < -0.3 is 13.7 Å². The van der Waals surface area contributed by atoms with Gasteiger partial charge in [0.05, 0.1) is 94.1 Å². The summed E-state index contributed by atoms with van der Waals surface area (Å²) in [4.78, 5) is 34.0. The van der Waals surface area contributed by atoms with Crippen LogP contribution in [0.2, 0.25) is 0 Å². The van der Waals surface area contributed by atoms with Gasteiger partial charge in [0.15, 0.2) is 0 Å². The Kier molecular flexibility index (Phi) is 19.6. The van der Waals surface area contributed by atoms with Crippen molar-refractivity contribution in [2.45, 2.75) is 0 Å². The molecule has 13 nitrogen and oxygen atoms in total. The molecule has 0 radical (unpaired) electrons. The Hall–Kier alpha value is -19.6. The molecule has 0 fully saturated rings. The van der Waals surface area contributed by atoms with Crippen molar-refractivity contribution in [3.05, 3.63) is 504 Å². The third-order valence-electron chi connectivity index (χ3n) is 28.7. The van der Waals surface area contributed by atoms with Crippen molar-refractivity contribution >= 4 is 164 Å². The molecule has 30 aromatic rings. The predicted molar refractivity (Wildman–Crippen MR) is 595 cm³/mol. The minimum atomic E-state index is 0.873. The topological polar surface area (TPSA) is 120 Å². The van der Waals surface area contributed by atoms with Gasteiger partial charge in [0.2, 0.25) is 0 Å². The zero-order valence-electron chi connectivity index (χ0n) is 77.7. The SMILES string of the molecule is c1ccc(-c2cccc(-c3cc(-n4c5ccccc5c5ccccc54)nc4ccc(-n5c6ccccc6c6ccccc65)cc34)c2)nc1.c1ccc2c(c1)c1ccccc1n2-c1ccc2nc(-n3c4ccccc4c4ccccc43)cc(-c3ccc(-c4ccncc4)cc3)c2c1.c1ccc2c(c1)c1ccccc1n2-c1ccc2nc(-n3c4ccccc4c4ccccc43)cc(-c3ccc(-c4ccncc4)nc3)c2c1. The van der Waals surface area contributed by atoms with Gasteiger partial charge in [-0.25, -0.2) is 15.0 Å². The van der Waals surface area contributed by atoms with Crippen LogP contribution >= 0.6 is 0 Å². The van der Waals surface area contributed by atoms with Crippen LogP contribution in [0.25, 0.3) is 265 Å². The average Bonchev–Trinajstić information content (AvgIpc) is 1.53. The largest absolute Gasteiger partial charge is 0.309 e. The van der Waals surface area contributed by atoms with E-state index in [1.807, 2.05) is 49.1 Å². The molecule has 0 aliphatic carbocycles. The van der Waals surface area contributed by atoms with E-state index in [1.54, 1.807) is 12.4 Å². The quantitative estimate of drug-likeness (QED) is 0.119. The van der Waals surface area contributed by atoms with Crippen molar-refractivity contribution in [2.75, 3.05) is 0 Å². The summed E-state index contributed by atoms with van der Waals surface area (Å²) in [5.74, 6) is 2.67. The van der Waals surface area contributed by atoms with Crippen molar-refractivity contribution in [1.29, 1.82) is 0 Å². The predicted octanol–water partition coefficient (Wildman–Crippen LogP) is 32.9. The van der Waals surface area contributed by atoms with E-state index in [-0.39, 0.29) is 0 Å². The number of para-hydroxylation sites is 12. The lowest BCUT2D eigenvalue weighted by Gasteiger charge is -2.15. The first-order chi connectivity index (χ1) is 71.4. The molecule has 13 heteroatoms.